The molecule has 7 nitrogen and oxygen atoms in total. The number of rotatable bonds is 5. The summed E-state index contributed by atoms with van der Waals surface area (Å²) in [6.07, 6.45) is 4.99. The first-order chi connectivity index (χ1) is 12.2. The van der Waals surface area contributed by atoms with Gasteiger partial charge in [-0.2, -0.15) is 0 Å². The molecule has 2 N–H and O–H groups in total. The van der Waals surface area contributed by atoms with E-state index in [-0.39, 0.29) is 18.1 Å². The molecule has 1 aliphatic heterocycles. The summed E-state index contributed by atoms with van der Waals surface area (Å²) in [5.74, 6) is -0.391. The zero-order valence-corrected chi connectivity index (χ0v) is 14.2. The number of anilines is 3. The van der Waals surface area contributed by atoms with E-state index < -0.39 is 11.5 Å². The van der Waals surface area contributed by atoms with Crippen LogP contribution in [0.3, 0.4) is 0 Å². The molecule has 0 saturated carbocycles. The molecule has 3 rings (SSSR count). The third kappa shape index (κ3) is 4.17. The van der Waals surface area contributed by atoms with Gasteiger partial charge < -0.3 is 15.0 Å². The van der Waals surface area contributed by atoms with Crippen LogP contribution in [0.2, 0.25) is 0 Å². The number of nitrogens with one attached hydrogen (secondary N) is 2. The predicted molar refractivity (Wildman–Crippen MR) is 96.6 cm³/mol. The highest BCUT2D eigenvalue weighted by Gasteiger charge is 2.13. The minimum absolute atomic E-state index is 0.104. The molecule has 25 heavy (non-hydrogen) atoms. The Bertz CT molecular complexity index is 780. The van der Waals surface area contributed by atoms with Gasteiger partial charge in [0.15, 0.2) is 0 Å². The van der Waals surface area contributed by atoms with Crippen molar-refractivity contribution in [2.24, 2.45) is 0 Å². The number of aromatic amines is 1. The lowest BCUT2D eigenvalue weighted by atomic mass is 10.1. The summed E-state index contributed by atoms with van der Waals surface area (Å²) in [7, 11) is 0. The molecule has 1 fully saturated rings. The molecule has 0 bridgehead atoms. The molecule has 1 aliphatic rings. The van der Waals surface area contributed by atoms with Crippen LogP contribution in [0.15, 0.2) is 35.3 Å². The van der Waals surface area contributed by atoms with E-state index in [0.29, 0.717) is 0 Å². The third-order valence-corrected chi connectivity index (χ3v) is 4.15. The molecular weight excluding hydrogens is 320 g/mol. The fourth-order valence-electron chi connectivity index (χ4n) is 2.86. The minimum atomic E-state index is -0.673. The largest absolute Gasteiger partial charge is 0.462 e. The highest BCUT2D eigenvalue weighted by Crippen LogP contribution is 2.22. The highest BCUT2D eigenvalue weighted by molar-refractivity contribution is 5.88. The number of piperidine rings is 1. The van der Waals surface area contributed by atoms with E-state index in [1.807, 2.05) is 12.1 Å². The average molecular weight is 342 g/mol. The second-order valence-electron chi connectivity index (χ2n) is 5.91. The fourth-order valence-corrected chi connectivity index (χ4v) is 2.86. The van der Waals surface area contributed by atoms with E-state index in [4.69, 9.17) is 4.74 Å². The molecule has 1 aromatic carbocycles. The van der Waals surface area contributed by atoms with E-state index in [1.165, 1.54) is 31.1 Å². The highest BCUT2D eigenvalue weighted by atomic mass is 16.5. The Morgan fingerprint density at radius 1 is 1.24 bits per heavy atom. The van der Waals surface area contributed by atoms with Gasteiger partial charge in [0.1, 0.15) is 5.56 Å². The van der Waals surface area contributed by atoms with Gasteiger partial charge in [0.2, 0.25) is 5.95 Å². The first-order valence-corrected chi connectivity index (χ1v) is 8.56. The number of carbonyl (C=O) groups is 1. The van der Waals surface area contributed by atoms with Crippen molar-refractivity contribution in [2.75, 3.05) is 29.9 Å². The normalized spacial score (nSPS) is 14.2. The molecule has 0 unspecified atom stereocenters. The Labute approximate surface area is 146 Å². The van der Waals surface area contributed by atoms with Crippen molar-refractivity contribution in [3.8, 4) is 0 Å². The van der Waals surface area contributed by atoms with Gasteiger partial charge in [0, 0.05) is 24.5 Å². The lowest BCUT2D eigenvalue weighted by Crippen LogP contribution is -2.29. The van der Waals surface area contributed by atoms with Crippen molar-refractivity contribution in [1.82, 2.24) is 9.97 Å². The van der Waals surface area contributed by atoms with Crippen LogP contribution >= 0.6 is 0 Å². The molecule has 0 amide bonds. The molecular formula is C18H22N4O3. The summed E-state index contributed by atoms with van der Waals surface area (Å²) in [6, 6.07) is 8.00. The molecule has 0 spiro atoms. The monoisotopic (exact) mass is 342 g/mol. The number of aromatic nitrogens is 2. The van der Waals surface area contributed by atoms with E-state index >= 15 is 0 Å². The summed E-state index contributed by atoms with van der Waals surface area (Å²) in [4.78, 5) is 32.6. The Morgan fingerprint density at radius 3 is 2.60 bits per heavy atom. The molecule has 1 saturated heterocycles. The number of nitrogens with zero attached hydrogens (tertiary/aromatic N) is 2. The zero-order chi connectivity index (χ0) is 17.6. The number of benzene rings is 1. The number of hydrogen-bond donors (Lipinski definition) is 2. The summed E-state index contributed by atoms with van der Waals surface area (Å²) >= 11 is 0. The van der Waals surface area contributed by atoms with Crippen LogP contribution in [0.25, 0.3) is 0 Å². The van der Waals surface area contributed by atoms with E-state index in [9.17, 15) is 9.59 Å². The van der Waals surface area contributed by atoms with Gasteiger partial charge in [0.25, 0.3) is 5.56 Å². The molecule has 0 radical (unpaired) electrons. The molecule has 2 heterocycles. The van der Waals surface area contributed by atoms with Crippen molar-refractivity contribution in [1.29, 1.82) is 0 Å². The van der Waals surface area contributed by atoms with Crippen LogP contribution in [0, 0.1) is 0 Å². The van der Waals surface area contributed by atoms with E-state index in [2.05, 4.69) is 32.3 Å². The molecule has 132 valence electrons. The first-order valence-electron chi connectivity index (χ1n) is 8.56. The maximum absolute atomic E-state index is 12.0. The van der Waals surface area contributed by atoms with Crippen LogP contribution in [0.5, 0.6) is 0 Å². The minimum Gasteiger partial charge on any atom is -0.462 e. The van der Waals surface area contributed by atoms with Crippen molar-refractivity contribution in [3.05, 3.63) is 46.4 Å². The van der Waals surface area contributed by atoms with Crippen molar-refractivity contribution in [2.45, 2.75) is 26.2 Å². The van der Waals surface area contributed by atoms with Gasteiger partial charge in [-0.1, -0.05) is 0 Å². The van der Waals surface area contributed by atoms with Gasteiger partial charge in [0.05, 0.1) is 12.8 Å². The SMILES string of the molecule is CCOC(=O)c1cnc(Nc2ccc(N3CCCCC3)cc2)[nH]c1=O. The molecule has 7 heteroatoms. The Hall–Kier alpha value is -2.83. The van der Waals surface area contributed by atoms with Crippen LogP contribution in [0.1, 0.15) is 36.5 Å². The molecule has 2 aromatic rings. The molecule has 0 aliphatic carbocycles. The lowest BCUT2D eigenvalue weighted by Gasteiger charge is -2.28. The third-order valence-electron chi connectivity index (χ3n) is 4.15. The van der Waals surface area contributed by atoms with Crippen LogP contribution in [-0.2, 0) is 4.74 Å². The van der Waals surface area contributed by atoms with Gasteiger partial charge in [-0.25, -0.2) is 9.78 Å². The van der Waals surface area contributed by atoms with Crippen molar-refractivity contribution in [3.63, 3.8) is 0 Å². The fraction of sp³-hybridized carbons (Fsp3) is 0.389. The Morgan fingerprint density at radius 2 is 1.96 bits per heavy atom. The summed E-state index contributed by atoms with van der Waals surface area (Å²) in [5, 5.41) is 3.04. The quantitative estimate of drug-likeness (QED) is 0.813. The van der Waals surface area contributed by atoms with Crippen LogP contribution in [0.4, 0.5) is 17.3 Å². The summed E-state index contributed by atoms with van der Waals surface area (Å²) in [6.45, 7) is 4.08. The number of hydrogen-bond acceptors (Lipinski definition) is 6. The van der Waals surface area contributed by atoms with Gasteiger partial charge in [-0.05, 0) is 50.5 Å². The number of esters is 1. The van der Waals surface area contributed by atoms with E-state index in [0.717, 1.165) is 18.8 Å². The second-order valence-corrected chi connectivity index (χ2v) is 5.91. The van der Waals surface area contributed by atoms with Crippen LogP contribution < -0.4 is 15.8 Å². The first kappa shape index (κ1) is 17.0. The maximum Gasteiger partial charge on any atom is 0.345 e. The standard InChI is InChI=1S/C18H22N4O3/c1-2-25-17(24)15-12-19-18(21-16(15)23)20-13-6-8-14(9-7-13)22-10-4-3-5-11-22/h6-9,12H,2-5,10-11H2,1H3,(H2,19,20,21,23). The Kier molecular flexibility index (Phi) is 5.33. The number of ether oxygens (including phenoxy) is 1. The van der Waals surface area contributed by atoms with Crippen LogP contribution in [-0.4, -0.2) is 35.6 Å². The van der Waals surface area contributed by atoms with Crippen molar-refractivity contribution >= 4 is 23.3 Å². The molecule has 1 aromatic heterocycles. The molecule has 0 atom stereocenters. The zero-order valence-electron chi connectivity index (χ0n) is 14.2. The smallest absolute Gasteiger partial charge is 0.345 e. The lowest BCUT2D eigenvalue weighted by molar-refractivity contribution is 0.0524. The summed E-state index contributed by atoms with van der Waals surface area (Å²) < 4.78 is 4.81. The Balaban J connectivity index is 1.68. The second kappa shape index (κ2) is 7.83. The number of carbonyl (C=O) groups excluding carboxylic acids is 1. The van der Waals surface area contributed by atoms with Gasteiger partial charge in [-0.15, -0.1) is 0 Å². The predicted octanol–water partition coefficient (Wildman–Crippen LogP) is 2.68. The van der Waals surface area contributed by atoms with Crippen molar-refractivity contribution < 1.29 is 9.53 Å². The average Bonchev–Trinajstić information content (AvgIpc) is 2.63. The maximum atomic E-state index is 12.0. The van der Waals surface area contributed by atoms with Gasteiger partial charge >= 0.3 is 5.97 Å². The van der Waals surface area contributed by atoms with E-state index in [1.54, 1.807) is 6.92 Å². The van der Waals surface area contributed by atoms with Gasteiger partial charge in [-0.3, -0.25) is 9.78 Å². The summed E-state index contributed by atoms with van der Waals surface area (Å²) in [5.41, 5.74) is 1.38. The topological polar surface area (TPSA) is 87.3 Å². The number of H-pyrrole nitrogens is 1.